The van der Waals surface area contributed by atoms with E-state index in [2.05, 4.69) is 12.2 Å². The molecule has 1 aliphatic rings. The Morgan fingerprint density at radius 3 is 2.32 bits per heavy atom. The van der Waals surface area contributed by atoms with Crippen molar-refractivity contribution in [2.45, 2.75) is 25.8 Å². The first-order chi connectivity index (χ1) is 9.19. The van der Waals surface area contributed by atoms with Crippen LogP contribution in [0.1, 0.15) is 18.4 Å². The highest BCUT2D eigenvalue weighted by Gasteiger charge is 2.31. The number of hydrogen-bond donors (Lipinski definition) is 1. The largest absolute Gasteiger partial charge is 0.493 e. The van der Waals surface area contributed by atoms with Crippen molar-refractivity contribution in [1.82, 2.24) is 0 Å². The van der Waals surface area contributed by atoms with Gasteiger partial charge in [-0.1, -0.05) is 0 Å². The minimum absolute atomic E-state index is 0.377. The summed E-state index contributed by atoms with van der Waals surface area (Å²) in [6.45, 7) is 2.81. The van der Waals surface area contributed by atoms with Crippen LogP contribution in [0.2, 0.25) is 0 Å². The Bertz CT molecular complexity index is 430. The van der Waals surface area contributed by atoms with Gasteiger partial charge < -0.3 is 19.5 Å². The van der Waals surface area contributed by atoms with Crippen molar-refractivity contribution in [3.8, 4) is 11.5 Å². The lowest BCUT2D eigenvalue weighted by Gasteiger charge is -2.21. The summed E-state index contributed by atoms with van der Waals surface area (Å²) in [5, 5.41) is 3.58. The van der Waals surface area contributed by atoms with Crippen LogP contribution in [0.25, 0.3) is 0 Å². The summed E-state index contributed by atoms with van der Waals surface area (Å²) in [4.78, 5) is 0. The number of anilines is 1. The Morgan fingerprint density at radius 1 is 1.16 bits per heavy atom. The van der Waals surface area contributed by atoms with Gasteiger partial charge in [0, 0.05) is 18.9 Å². The lowest BCUT2D eigenvalue weighted by Crippen LogP contribution is -2.27. The van der Waals surface area contributed by atoms with Crippen LogP contribution < -0.4 is 14.8 Å². The van der Waals surface area contributed by atoms with E-state index in [0.29, 0.717) is 6.04 Å². The van der Waals surface area contributed by atoms with Gasteiger partial charge in [-0.2, -0.15) is 0 Å². The summed E-state index contributed by atoms with van der Waals surface area (Å²) in [6.07, 6.45) is 2.57. The molecule has 0 heterocycles. The molecule has 1 fully saturated rings. The van der Waals surface area contributed by atoms with Gasteiger partial charge in [0.1, 0.15) is 0 Å². The Hall–Kier alpha value is -1.42. The van der Waals surface area contributed by atoms with E-state index in [1.54, 1.807) is 21.3 Å². The summed E-state index contributed by atoms with van der Waals surface area (Å²) >= 11 is 0. The zero-order valence-electron chi connectivity index (χ0n) is 12.2. The maximum atomic E-state index is 5.35. The molecule has 106 valence electrons. The molecule has 2 rings (SSSR count). The van der Waals surface area contributed by atoms with Crippen LogP contribution in [0, 0.1) is 12.8 Å². The number of rotatable bonds is 7. The Kier molecular flexibility index (Phi) is 4.53. The molecule has 19 heavy (non-hydrogen) atoms. The van der Waals surface area contributed by atoms with Crippen LogP contribution in [0.4, 0.5) is 5.69 Å². The van der Waals surface area contributed by atoms with Gasteiger partial charge in [-0.3, -0.25) is 0 Å². The molecule has 1 unspecified atom stereocenters. The third kappa shape index (κ3) is 3.32. The molecular formula is C15H23NO3. The molecule has 0 bridgehead atoms. The predicted molar refractivity (Wildman–Crippen MR) is 76.3 cm³/mol. The molecular weight excluding hydrogens is 242 g/mol. The van der Waals surface area contributed by atoms with Crippen molar-refractivity contribution in [2.24, 2.45) is 5.92 Å². The van der Waals surface area contributed by atoms with Gasteiger partial charge in [-0.05, 0) is 37.3 Å². The highest BCUT2D eigenvalue weighted by Crippen LogP contribution is 2.37. The molecule has 1 atom stereocenters. The Labute approximate surface area is 115 Å². The van der Waals surface area contributed by atoms with Crippen LogP contribution >= 0.6 is 0 Å². The van der Waals surface area contributed by atoms with E-state index in [9.17, 15) is 0 Å². The second-order valence-corrected chi connectivity index (χ2v) is 5.07. The summed E-state index contributed by atoms with van der Waals surface area (Å²) in [7, 11) is 5.06. The third-order valence-corrected chi connectivity index (χ3v) is 3.61. The average molecular weight is 265 g/mol. The molecule has 4 nitrogen and oxygen atoms in total. The molecule has 0 spiro atoms. The van der Waals surface area contributed by atoms with Crippen LogP contribution in [0.15, 0.2) is 12.1 Å². The highest BCUT2D eigenvalue weighted by molar-refractivity contribution is 5.60. The van der Waals surface area contributed by atoms with Crippen LogP contribution in [0.3, 0.4) is 0 Å². The molecule has 0 saturated heterocycles. The SMILES string of the molecule is COCC(Nc1cc(OC)c(OC)cc1C)C1CC1. The Morgan fingerprint density at radius 2 is 1.79 bits per heavy atom. The maximum absolute atomic E-state index is 5.35. The van der Waals surface area contributed by atoms with E-state index in [4.69, 9.17) is 14.2 Å². The lowest BCUT2D eigenvalue weighted by atomic mass is 10.1. The van der Waals surface area contributed by atoms with Crippen molar-refractivity contribution in [2.75, 3.05) is 33.3 Å². The third-order valence-electron chi connectivity index (χ3n) is 3.61. The summed E-state index contributed by atoms with van der Waals surface area (Å²) < 4.78 is 16.0. The second-order valence-electron chi connectivity index (χ2n) is 5.07. The fourth-order valence-electron chi connectivity index (χ4n) is 2.31. The minimum atomic E-state index is 0.377. The van der Waals surface area contributed by atoms with Crippen molar-refractivity contribution in [1.29, 1.82) is 0 Å². The predicted octanol–water partition coefficient (Wildman–Crippen LogP) is 2.85. The molecule has 0 aliphatic heterocycles. The van der Waals surface area contributed by atoms with Gasteiger partial charge >= 0.3 is 0 Å². The molecule has 0 amide bonds. The standard InChI is InChI=1S/C15H23NO3/c1-10-7-14(18-3)15(19-4)8-12(10)16-13(9-17-2)11-5-6-11/h7-8,11,13,16H,5-6,9H2,1-4H3. The number of hydrogen-bond acceptors (Lipinski definition) is 4. The molecule has 1 saturated carbocycles. The van der Waals surface area contributed by atoms with Gasteiger partial charge in [0.2, 0.25) is 0 Å². The smallest absolute Gasteiger partial charge is 0.162 e. The zero-order chi connectivity index (χ0) is 13.8. The van der Waals surface area contributed by atoms with E-state index in [1.165, 1.54) is 12.8 Å². The van der Waals surface area contributed by atoms with E-state index in [-0.39, 0.29) is 0 Å². The van der Waals surface area contributed by atoms with E-state index in [1.807, 2.05) is 12.1 Å². The van der Waals surface area contributed by atoms with Gasteiger partial charge in [0.05, 0.1) is 26.9 Å². The van der Waals surface area contributed by atoms with Gasteiger partial charge in [0.25, 0.3) is 0 Å². The highest BCUT2D eigenvalue weighted by atomic mass is 16.5. The molecule has 0 aromatic heterocycles. The molecule has 4 heteroatoms. The number of nitrogens with one attached hydrogen (secondary N) is 1. The maximum Gasteiger partial charge on any atom is 0.162 e. The topological polar surface area (TPSA) is 39.7 Å². The van der Waals surface area contributed by atoms with Crippen molar-refractivity contribution in [3.63, 3.8) is 0 Å². The lowest BCUT2D eigenvalue weighted by molar-refractivity contribution is 0.179. The Balaban J connectivity index is 2.18. The number of ether oxygens (including phenoxy) is 3. The fraction of sp³-hybridized carbons (Fsp3) is 0.600. The molecule has 1 aromatic carbocycles. The van der Waals surface area contributed by atoms with E-state index < -0.39 is 0 Å². The summed E-state index contributed by atoms with van der Waals surface area (Å²) in [5.74, 6) is 2.25. The van der Waals surface area contributed by atoms with E-state index in [0.717, 1.165) is 35.3 Å². The van der Waals surface area contributed by atoms with Crippen LogP contribution in [-0.4, -0.2) is 34.0 Å². The first-order valence-electron chi connectivity index (χ1n) is 6.67. The molecule has 1 aromatic rings. The van der Waals surface area contributed by atoms with Gasteiger partial charge in [-0.15, -0.1) is 0 Å². The second kappa shape index (κ2) is 6.15. The first-order valence-corrected chi connectivity index (χ1v) is 6.67. The molecule has 0 radical (unpaired) electrons. The molecule has 1 aliphatic carbocycles. The van der Waals surface area contributed by atoms with Gasteiger partial charge in [-0.25, -0.2) is 0 Å². The quantitative estimate of drug-likeness (QED) is 0.823. The van der Waals surface area contributed by atoms with Crippen molar-refractivity contribution in [3.05, 3.63) is 17.7 Å². The number of aryl methyl sites for hydroxylation is 1. The van der Waals surface area contributed by atoms with E-state index >= 15 is 0 Å². The normalized spacial score (nSPS) is 16.0. The van der Waals surface area contributed by atoms with Crippen LogP contribution in [-0.2, 0) is 4.74 Å². The summed E-state index contributed by atoms with van der Waals surface area (Å²) in [6, 6.07) is 4.37. The fourth-order valence-corrected chi connectivity index (χ4v) is 2.31. The first kappa shape index (κ1) is 14.0. The molecule has 1 N–H and O–H groups in total. The zero-order valence-corrected chi connectivity index (χ0v) is 12.2. The minimum Gasteiger partial charge on any atom is -0.493 e. The van der Waals surface area contributed by atoms with Crippen molar-refractivity contribution >= 4 is 5.69 Å². The summed E-state index contributed by atoms with van der Waals surface area (Å²) in [5.41, 5.74) is 2.24. The van der Waals surface area contributed by atoms with Gasteiger partial charge in [0.15, 0.2) is 11.5 Å². The number of methoxy groups -OCH3 is 3. The number of benzene rings is 1. The average Bonchev–Trinajstić information content (AvgIpc) is 3.24. The van der Waals surface area contributed by atoms with Crippen molar-refractivity contribution < 1.29 is 14.2 Å². The van der Waals surface area contributed by atoms with Crippen LogP contribution in [0.5, 0.6) is 11.5 Å². The monoisotopic (exact) mass is 265 g/mol.